The molecule has 0 unspecified atom stereocenters. The molecule has 0 fully saturated rings. The molecular weight excluding hydrogens is 344 g/mol. The van der Waals surface area contributed by atoms with Gasteiger partial charge in [-0.2, -0.15) is 0 Å². The summed E-state index contributed by atoms with van der Waals surface area (Å²) in [6.07, 6.45) is 1.51. The van der Waals surface area contributed by atoms with Crippen LogP contribution in [0.15, 0.2) is 34.2 Å². The molecule has 0 spiro atoms. The lowest BCUT2D eigenvalue weighted by Crippen LogP contribution is -2.01. The van der Waals surface area contributed by atoms with E-state index >= 15 is 0 Å². The monoisotopic (exact) mass is 350 g/mol. The fraction of sp³-hybridized carbons (Fsp3) is 0. The van der Waals surface area contributed by atoms with Crippen molar-refractivity contribution in [3.63, 3.8) is 0 Å². The summed E-state index contributed by atoms with van der Waals surface area (Å²) in [4.78, 5) is 20.7. The van der Waals surface area contributed by atoms with Gasteiger partial charge in [0.05, 0.1) is 26.8 Å². The lowest BCUT2D eigenvalue weighted by Gasteiger charge is -2.07. The van der Waals surface area contributed by atoms with Gasteiger partial charge in [0.15, 0.2) is 0 Å². The maximum atomic E-state index is 11.3. The van der Waals surface area contributed by atoms with Crippen molar-refractivity contribution in [2.24, 2.45) is 0 Å². The van der Waals surface area contributed by atoms with Crippen LogP contribution in [0.3, 0.4) is 0 Å². The van der Waals surface area contributed by atoms with E-state index in [0.717, 1.165) is 4.88 Å². The average molecular weight is 351 g/mol. The number of aromatic nitrogens is 2. The number of carboxylic acid groups (broad SMARTS) is 1. The van der Waals surface area contributed by atoms with Crippen molar-refractivity contribution in [3.05, 3.63) is 39.8 Å². The number of rotatable bonds is 2. The number of carboxylic acids is 1. The molecule has 2 aromatic heterocycles. The SMILES string of the molecule is O=C(O)c1c(O)c(Br)cc2nc(-c3cccs3)cnc12. The predicted molar refractivity (Wildman–Crippen MR) is 79.2 cm³/mol. The number of halogens is 1. The topological polar surface area (TPSA) is 83.3 Å². The van der Waals surface area contributed by atoms with Crippen LogP contribution in [0.5, 0.6) is 5.75 Å². The fourth-order valence-corrected chi connectivity index (χ4v) is 2.96. The van der Waals surface area contributed by atoms with Crippen LogP contribution < -0.4 is 0 Å². The van der Waals surface area contributed by atoms with Gasteiger partial charge in [-0.05, 0) is 33.4 Å². The number of hydrogen-bond donors (Lipinski definition) is 2. The molecule has 3 rings (SSSR count). The van der Waals surface area contributed by atoms with Gasteiger partial charge in [0.2, 0.25) is 0 Å². The Bertz CT molecular complexity index is 818. The summed E-state index contributed by atoms with van der Waals surface area (Å²) in [5, 5.41) is 20.9. The highest BCUT2D eigenvalue weighted by Gasteiger charge is 2.19. The number of aromatic hydroxyl groups is 1. The van der Waals surface area contributed by atoms with Crippen LogP contribution in [0.1, 0.15) is 10.4 Å². The van der Waals surface area contributed by atoms with E-state index in [0.29, 0.717) is 11.2 Å². The number of nitrogens with zero attached hydrogens (tertiary/aromatic N) is 2. The van der Waals surface area contributed by atoms with Crippen LogP contribution in [0.2, 0.25) is 0 Å². The van der Waals surface area contributed by atoms with Crippen LogP contribution in [-0.4, -0.2) is 26.2 Å². The Kier molecular flexibility index (Phi) is 3.15. The molecule has 3 aromatic rings. The Labute approximate surface area is 125 Å². The fourth-order valence-electron chi connectivity index (χ4n) is 1.86. The molecule has 0 saturated carbocycles. The lowest BCUT2D eigenvalue weighted by atomic mass is 10.1. The molecule has 0 atom stereocenters. The molecular formula is C13H7BrN2O3S. The molecule has 0 saturated heterocycles. The lowest BCUT2D eigenvalue weighted by molar-refractivity contribution is 0.0695. The summed E-state index contributed by atoms with van der Waals surface area (Å²) in [7, 11) is 0. The number of carbonyl (C=O) groups is 1. The molecule has 1 aromatic carbocycles. The largest absolute Gasteiger partial charge is 0.506 e. The Morgan fingerprint density at radius 3 is 2.85 bits per heavy atom. The summed E-state index contributed by atoms with van der Waals surface area (Å²) in [6.45, 7) is 0. The molecule has 0 aliphatic carbocycles. The number of aromatic carboxylic acids is 1. The van der Waals surface area contributed by atoms with E-state index in [1.54, 1.807) is 6.07 Å². The Morgan fingerprint density at radius 1 is 1.40 bits per heavy atom. The van der Waals surface area contributed by atoms with E-state index in [1.807, 2.05) is 17.5 Å². The number of hydrogen-bond acceptors (Lipinski definition) is 5. The van der Waals surface area contributed by atoms with E-state index in [4.69, 9.17) is 0 Å². The second-order valence-electron chi connectivity index (χ2n) is 3.99. The van der Waals surface area contributed by atoms with Crippen LogP contribution in [-0.2, 0) is 0 Å². The van der Waals surface area contributed by atoms with Crippen molar-refractivity contribution < 1.29 is 15.0 Å². The molecule has 0 aliphatic heterocycles. The summed E-state index contributed by atoms with van der Waals surface area (Å²) < 4.78 is 0.278. The summed E-state index contributed by atoms with van der Waals surface area (Å²) in [6, 6.07) is 5.37. The third-order valence-electron chi connectivity index (χ3n) is 2.75. The standard InChI is InChI=1S/C13H7BrN2O3S/c14-6-4-7-11(10(12(6)17)13(18)19)15-5-8(16-7)9-2-1-3-20-9/h1-5,17H,(H,18,19). The molecule has 2 N–H and O–H groups in total. The van der Waals surface area contributed by atoms with Gasteiger partial charge in [0.25, 0.3) is 0 Å². The van der Waals surface area contributed by atoms with E-state index in [2.05, 4.69) is 25.9 Å². The minimum atomic E-state index is -1.24. The third kappa shape index (κ3) is 2.04. The van der Waals surface area contributed by atoms with Crippen molar-refractivity contribution in [2.75, 3.05) is 0 Å². The van der Waals surface area contributed by atoms with Crippen molar-refractivity contribution in [2.45, 2.75) is 0 Å². The highest BCUT2D eigenvalue weighted by molar-refractivity contribution is 9.10. The first-order chi connectivity index (χ1) is 9.58. The minimum Gasteiger partial charge on any atom is -0.506 e. The normalized spacial score (nSPS) is 10.8. The zero-order chi connectivity index (χ0) is 14.3. The van der Waals surface area contributed by atoms with Gasteiger partial charge < -0.3 is 10.2 Å². The Balaban J connectivity index is 2.31. The molecule has 0 radical (unpaired) electrons. The van der Waals surface area contributed by atoms with Crippen molar-refractivity contribution in [1.82, 2.24) is 9.97 Å². The van der Waals surface area contributed by atoms with E-state index in [1.165, 1.54) is 17.5 Å². The second kappa shape index (κ2) is 4.84. The maximum Gasteiger partial charge on any atom is 0.341 e. The van der Waals surface area contributed by atoms with Crippen LogP contribution in [0, 0.1) is 0 Å². The second-order valence-corrected chi connectivity index (χ2v) is 5.79. The molecule has 0 aliphatic rings. The molecule has 100 valence electrons. The number of phenols is 1. The number of thiophene rings is 1. The first kappa shape index (κ1) is 13.0. The zero-order valence-corrected chi connectivity index (χ0v) is 12.3. The van der Waals surface area contributed by atoms with Crippen molar-refractivity contribution >= 4 is 44.3 Å². The van der Waals surface area contributed by atoms with E-state index < -0.39 is 5.97 Å². The first-order valence-corrected chi connectivity index (χ1v) is 7.20. The summed E-state index contributed by atoms with van der Waals surface area (Å²) in [5.41, 5.74) is 0.998. The zero-order valence-electron chi connectivity index (χ0n) is 9.87. The van der Waals surface area contributed by atoms with Crippen molar-refractivity contribution in [3.8, 4) is 16.3 Å². The highest BCUT2D eigenvalue weighted by Crippen LogP contribution is 2.34. The molecule has 20 heavy (non-hydrogen) atoms. The van der Waals surface area contributed by atoms with Gasteiger partial charge in [-0.1, -0.05) is 6.07 Å². The Hall–Kier alpha value is -1.99. The molecule has 7 heteroatoms. The number of fused-ring (bicyclic) bond motifs is 1. The van der Waals surface area contributed by atoms with E-state index in [9.17, 15) is 15.0 Å². The van der Waals surface area contributed by atoms with Gasteiger partial charge in [-0.3, -0.25) is 4.98 Å². The van der Waals surface area contributed by atoms with Gasteiger partial charge in [0, 0.05) is 0 Å². The minimum absolute atomic E-state index is 0.165. The third-order valence-corrected chi connectivity index (χ3v) is 4.25. The molecule has 0 bridgehead atoms. The van der Waals surface area contributed by atoms with Crippen LogP contribution in [0.4, 0.5) is 0 Å². The van der Waals surface area contributed by atoms with Crippen LogP contribution >= 0.6 is 27.3 Å². The summed E-state index contributed by atoms with van der Waals surface area (Å²) in [5.74, 6) is -1.59. The van der Waals surface area contributed by atoms with Gasteiger partial charge >= 0.3 is 5.97 Å². The molecule has 2 heterocycles. The molecule has 5 nitrogen and oxygen atoms in total. The highest BCUT2D eigenvalue weighted by atomic mass is 79.9. The van der Waals surface area contributed by atoms with Crippen molar-refractivity contribution in [1.29, 1.82) is 0 Å². The number of benzene rings is 1. The van der Waals surface area contributed by atoms with E-state index in [-0.39, 0.29) is 21.3 Å². The van der Waals surface area contributed by atoms with Crippen LogP contribution in [0.25, 0.3) is 21.6 Å². The first-order valence-electron chi connectivity index (χ1n) is 5.53. The van der Waals surface area contributed by atoms with Gasteiger partial charge in [-0.25, -0.2) is 9.78 Å². The van der Waals surface area contributed by atoms with Gasteiger partial charge in [0.1, 0.15) is 16.8 Å². The quantitative estimate of drug-likeness (QED) is 0.738. The summed E-state index contributed by atoms with van der Waals surface area (Å²) >= 11 is 4.65. The smallest absolute Gasteiger partial charge is 0.341 e. The Morgan fingerprint density at radius 2 is 2.20 bits per heavy atom. The van der Waals surface area contributed by atoms with Gasteiger partial charge in [-0.15, -0.1) is 11.3 Å². The predicted octanol–water partition coefficient (Wildman–Crippen LogP) is 3.52. The molecule has 0 amide bonds. The maximum absolute atomic E-state index is 11.3. The average Bonchev–Trinajstić information content (AvgIpc) is 2.93.